The van der Waals surface area contributed by atoms with Crippen molar-refractivity contribution in [3.05, 3.63) is 17.7 Å². The molecule has 0 aliphatic carbocycles. The second kappa shape index (κ2) is 6.12. The normalized spacial score (nSPS) is 13.5. The van der Waals surface area contributed by atoms with Gasteiger partial charge in [0.05, 0.1) is 0 Å². The lowest BCUT2D eigenvalue weighted by molar-refractivity contribution is 0.196. The number of phenols is 3. The first-order valence-corrected chi connectivity index (χ1v) is 6.34. The molecule has 0 fully saturated rings. The molecule has 1 aromatic rings. The maximum Gasteiger partial charge on any atom is 0.200 e. The molecule has 1 rings (SSSR count). The molecule has 0 saturated carbocycles. The van der Waals surface area contributed by atoms with E-state index in [1.54, 1.807) is 6.07 Å². The second-order valence-corrected chi connectivity index (χ2v) is 5.75. The van der Waals surface area contributed by atoms with Crippen LogP contribution in [0.25, 0.3) is 0 Å². The minimum absolute atomic E-state index is 0.0304. The van der Waals surface area contributed by atoms with E-state index in [1.165, 1.54) is 6.07 Å². The van der Waals surface area contributed by atoms with Crippen LogP contribution in [-0.2, 0) is 6.54 Å². The SMILES string of the molecule is CC(C)(C)C(CCO)NCc1ccc(O)c(O)c1O. The topological polar surface area (TPSA) is 93.0 Å². The number of nitrogens with one attached hydrogen (secondary N) is 1. The highest BCUT2D eigenvalue weighted by Crippen LogP contribution is 2.37. The molecular weight excluding hydrogens is 246 g/mol. The Hall–Kier alpha value is -1.46. The molecule has 5 nitrogen and oxygen atoms in total. The minimum Gasteiger partial charge on any atom is -0.504 e. The first-order chi connectivity index (χ1) is 8.77. The molecule has 0 radical (unpaired) electrons. The van der Waals surface area contributed by atoms with Crippen LogP contribution in [0.4, 0.5) is 0 Å². The van der Waals surface area contributed by atoms with E-state index in [2.05, 4.69) is 26.1 Å². The molecule has 5 heteroatoms. The van der Waals surface area contributed by atoms with E-state index >= 15 is 0 Å². The average Bonchev–Trinajstić information content (AvgIpc) is 2.32. The van der Waals surface area contributed by atoms with Crippen molar-refractivity contribution in [2.24, 2.45) is 5.41 Å². The number of aliphatic hydroxyl groups excluding tert-OH is 1. The maximum atomic E-state index is 9.72. The van der Waals surface area contributed by atoms with Crippen LogP contribution in [0.2, 0.25) is 0 Å². The van der Waals surface area contributed by atoms with Gasteiger partial charge in [0, 0.05) is 24.8 Å². The largest absolute Gasteiger partial charge is 0.504 e. The van der Waals surface area contributed by atoms with Gasteiger partial charge < -0.3 is 25.7 Å². The maximum absolute atomic E-state index is 9.72. The smallest absolute Gasteiger partial charge is 0.200 e. The summed E-state index contributed by atoms with van der Waals surface area (Å²) < 4.78 is 0. The Morgan fingerprint density at radius 2 is 1.74 bits per heavy atom. The lowest BCUT2D eigenvalue weighted by Crippen LogP contribution is -2.40. The molecule has 0 spiro atoms. The van der Waals surface area contributed by atoms with Gasteiger partial charge in [0.25, 0.3) is 0 Å². The monoisotopic (exact) mass is 269 g/mol. The molecule has 108 valence electrons. The fraction of sp³-hybridized carbons (Fsp3) is 0.571. The summed E-state index contributed by atoms with van der Waals surface area (Å²) in [4.78, 5) is 0. The highest BCUT2D eigenvalue weighted by atomic mass is 16.3. The second-order valence-electron chi connectivity index (χ2n) is 5.75. The summed E-state index contributed by atoms with van der Waals surface area (Å²) in [7, 11) is 0. The Bertz CT molecular complexity index is 426. The molecule has 0 saturated heterocycles. The zero-order valence-electron chi connectivity index (χ0n) is 11.6. The molecule has 0 heterocycles. The van der Waals surface area contributed by atoms with E-state index in [9.17, 15) is 15.3 Å². The summed E-state index contributed by atoms with van der Waals surface area (Å²) in [6.45, 7) is 6.63. The lowest BCUT2D eigenvalue weighted by atomic mass is 9.85. The van der Waals surface area contributed by atoms with Gasteiger partial charge in [-0.05, 0) is 17.9 Å². The highest BCUT2D eigenvalue weighted by Gasteiger charge is 2.24. The summed E-state index contributed by atoms with van der Waals surface area (Å²) in [5, 5.41) is 40.7. The van der Waals surface area contributed by atoms with E-state index in [0.29, 0.717) is 18.5 Å². The van der Waals surface area contributed by atoms with Gasteiger partial charge in [-0.3, -0.25) is 0 Å². The van der Waals surface area contributed by atoms with Gasteiger partial charge in [0.15, 0.2) is 11.5 Å². The fourth-order valence-corrected chi connectivity index (χ4v) is 1.96. The van der Waals surface area contributed by atoms with Crippen LogP contribution in [-0.4, -0.2) is 33.1 Å². The van der Waals surface area contributed by atoms with Crippen LogP contribution in [0.3, 0.4) is 0 Å². The van der Waals surface area contributed by atoms with Crippen molar-refractivity contribution < 1.29 is 20.4 Å². The van der Waals surface area contributed by atoms with Crippen molar-refractivity contribution >= 4 is 0 Å². The van der Waals surface area contributed by atoms with Crippen LogP contribution in [0.15, 0.2) is 12.1 Å². The predicted octanol–water partition coefficient (Wildman–Crippen LogP) is 1.69. The molecule has 5 N–H and O–H groups in total. The van der Waals surface area contributed by atoms with Crippen LogP contribution < -0.4 is 5.32 Å². The van der Waals surface area contributed by atoms with Crippen molar-refractivity contribution in [1.29, 1.82) is 0 Å². The number of rotatable bonds is 5. The van der Waals surface area contributed by atoms with Gasteiger partial charge >= 0.3 is 0 Å². The standard InChI is InChI=1S/C14H23NO4/c1-14(2,3)11(6-7-16)15-8-9-4-5-10(17)13(19)12(9)18/h4-5,11,15-19H,6-8H2,1-3H3. The number of aromatic hydroxyl groups is 3. The Balaban J connectivity index is 2.78. The Kier molecular flexibility index (Phi) is 5.03. The fourth-order valence-electron chi connectivity index (χ4n) is 1.96. The number of phenolic OH excluding ortho intramolecular Hbond substituents is 3. The Labute approximate surface area is 113 Å². The number of hydrogen-bond donors (Lipinski definition) is 5. The molecule has 1 unspecified atom stereocenters. The summed E-state index contributed by atoms with van der Waals surface area (Å²) in [6, 6.07) is 2.97. The molecule has 0 amide bonds. The van der Waals surface area contributed by atoms with Gasteiger partial charge in [-0.1, -0.05) is 26.8 Å². The van der Waals surface area contributed by atoms with E-state index < -0.39 is 5.75 Å². The molecule has 19 heavy (non-hydrogen) atoms. The third kappa shape index (κ3) is 4.01. The van der Waals surface area contributed by atoms with Gasteiger partial charge in [0.2, 0.25) is 5.75 Å². The van der Waals surface area contributed by atoms with Crippen LogP contribution in [0.1, 0.15) is 32.8 Å². The molecular formula is C14H23NO4. The van der Waals surface area contributed by atoms with E-state index in [4.69, 9.17) is 5.11 Å². The number of aliphatic hydroxyl groups is 1. The van der Waals surface area contributed by atoms with Crippen molar-refractivity contribution in [3.8, 4) is 17.2 Å². The summed E-state index contributed by atoms with van der Waals surface area (Å²) >= 11 is 0. The zero-order valence-corrected chi connectivity index (χ0v) is 11.6. The van der Waals surface area contributed by atoms with Crippen LogP contribution in [0, 0.1) is 5.41 Å². The predicted molar refractivity (Wildman–Crippen MR) is 73.2 cm³/mol. The Morgan fingerprint density at radius 1 is 1.11 bits per heavy atom. The molecule has 1 atom stereocenters. The third-order valence-electron chi connectivity index (χ3n) is 3.22. The molecule has 0 aliphatic rings. The lowest BCUT2D eigenvalue weighted by Gasteiger charge is -2.31. The highest BCUT2D eigenvalue weighted by molar-refractivity contribution is 5.53. The number of hydrogen-bond acceptors (Lipinski definition) is 5. The molecule has 0 aromatic heterocycles. The van der Waals surface area contributed by atoms with Gasteiger partial charge in [-0.2, -0.15) is 0 Å². The van der Waals surface area contributed by atoms with Gasteiger partial charge in [-0.15, -0.1) is 0 Å². The molecule has 0 bridgehead atoms. The molecule has 1 aromatic carbocycles. The average molecular weight is 269 g/mol. The number of benzene rings is 1. The van der Waals surface area contributed by atoms with Crippen molar-refractivity contribution in [1.82, 2.24) is 5.32 Å². The third-order valence-corrected chi connectivity index (χ3v) is 3.22. The van der Waals surface area contributed by atoms with Crippen molar-refractivity contribution in [2.45, 2.75) is 39.8 Å². The van der Waals surface area contributed by atoms with Crippen LogP contribution >= 0.6 is 0 Å². The quantitative estimate of drug-likeness (QED) is 0.525. The van der Waals surface area contributed by atoms with E-state index in [-0.39, 0.29) is 29.6 Å². The van der Waals surface area contributed by atoms with E-state index in [0.717, 1.165) is 0 Å². The summed E-state index contributed by atoms with van der Waals surface area (Å²) in [5.41, 5.74) is 0.472. The van der Waals surface area contributed by atoms with Gasteiger partial charge in [0.1, 0.15) is 0 Å². The van der Waals surface area contributed by atoms with Gasteiger partial charge in [-0.25, -0.2) is 0 Å². The zero-order chi connectivity index (χ0) is 14.6. The Morgan fingerprint density at radius 3 is 2.26 bits per heavy atom. The van der Waals surface area contributed by atoms with E-state index in [1.807, 2.05) is 0 Å². The van der Waals surface area contributed by atoms with Crippen molar-refractivity contribution in [3.63, 3.8) is 0 Å². The van der Waals surface area contributed by atoms with Crippen LogP contribution in [0.5, 0.6) is 17.2 Å². The first-order valence-electron chi connectivity index (χ1n) is 6.34. The first kappa shape index (κ1) is 15.6. The van der Waals surface area contributed by atoms with Crippen molar-refractivity contribution in [2.75, 3.05) is 6.61 Å². The minimum atomic E-state index is -0.506. The summed E-state index contributed by atoms with van der Waals surface area (Å²) in [5.74, 6) is -1.16. The molecule has 0 aliphatic heterocycles. The summed E-state index contributed by atoms with van der Waals surface area (Å²) in [6.07, 6.45) is 0.605.